The number of rotatable bonds is 5. The van der Waals surface area contributed by atoms with Gasteiger partial charge in [-0.25, -0.2) is 12.8 Å². The summed E-state index contributed by atoms with van der Waals surface area (Å²) in [6.07, 6.45) is 1.69. The van der Waals surface area contributed by atoms with Crippen molar-refractivity contribution in [2.45, 2.75) is 49.6 Å². The van der Waals surface area contributed by atoms with Gasteiger partial charge in [0.2, 0.25) is 10.0 Å². The fourth-order valence-corrected chi connectivity index (χ4v) is 7.67. The number of hydrogen-bond donors (Lipinski definition) is 1. The van der Waals surface area contributed by atoms with E-state index >= 15 is 0 Å². The van der Waals surface area contributed by atoms with E-state index in [0.29, 0.717) is 18.0 Å². The van der Waals surface area contributed by atoms with Crippen LogP contribution in [-0.4, -0.2) is 61.1 Å². The average Bonchev–Trinajstić information content (AvgIpc) is 2.83. The van der Waals surface area contributed by atoms with Crippen molar-refractivity contribution in [3.05, 3.63) is 89.2 Å². The van der Waals surface area contributed by atoms with Crippen LogP contribution in [0.3, 0.4) is 0 Å². The van der Waals surface area contributed by atoms with Crippen LogP contribution in [0.15, 0.2) is 71.6 Å². The summed E-state index contributed by atoms with van der Waals surface area (Å²) in [6.45, 7) is 5.52. The summed E-state index contributed by atoms with van der Waals surface area (Å²) in [5.74, 6) is -0.214. The summed E-state index contributed by atoms with van der Waals surface area (Å²) in [7, 11) is -3.62. The van der Waals surface area contributed by atoms with Crippen molar-refractivity contribution >= 4 is 10.0 Å². The number of fused-ring (bicyclic) bond motifs is 1. The second kappa shape index (κ2) is 10.1. The molecule has 2 heterocycles. The fraction of sp³-hybridized carbons (Fsp3) is 0.379. The zero-order valence-electron chi connectivity index (χ0n) is 20.8. The van der Waals surface area contributed by atoms with Gasteiger partial charge in [0.05, 0.1) is 11.5 Å². The number of halogens is 1. The van der Waals surface area contributed by atoms with E-state index in [1.165, 1.54) is 12.1 Å². The highest BCUT2D eigenvalue weighted by atomic mass is 32.2. The van der Waals surface area contributed by atoms with Crippen LogP contribution in [0.25, 0.3) is 11.1 Å². The second-order valence-corrected chi connectivity index (χ2v) is 11.9. The van der Waals surface area contributed by atoms with Crippen molar-refractivity contribution in [2.24, 2.45) is 0 Å². The monoisotopic (exact) mass is 508 g/mol. The molecule has 0 spiro atoms. The molecular weight excluding hydrogens is 475 g/mol. The summed E-state index contributed by atoms with van der Waals surface area (Å²) in [5.41, 5.74) is 4.71. The van der Waals surface area contributed by atoms with Crippen LogP contribution in [0.4, 0.5) is 4.39 Å². The van der Waals surface area contributed by atoms with Crippen LogP contribution >= 0.6 is 0 Å². The van der Waals surface area contributed by atoms with Gasteiger partial charge in [0, 0.05) is 31.1 Å². The zero-order valence-corrected chi connectivity index (χ0v) is 21.6. The Labute approximate surface area is 213 Å². The molecule has 1 N–H and O–H groups in total. The van der Waals surface area contributed by atoms with E-state index in [-0.39, 0.29) is 30.4 Å². The maximum Gasteiger partial charge on any atom is 0.243 e. The van der Waals surface area contributed by atoms with Gasteiger partial charge in [0.15, 0.2) is 0 Å². The van der Waals surface area contributed by atoms with E-state index in [1.54, 1.807) is 22.5 Å². The Balaban J connectivity index is 1.44. The molecule has 36 heavy (non-hydrogen) atoms. The lowest BCUT2D eigenvalue weighted by atomic mass is 9.74. The Bertz CT molecular complexity index is 1340. The molecule has 7 heteroatoms. The van der Waals surface area contributed by atoms with Gasteiger partial charge >= 0.3 is 0 Å². The molecule has 2 unspecified atom stereocenters. The smallest absolute Gasteiger partial charge is 0.243 e. The minimum atomic E-state index is -3.62. The van der Waals surface area contributed by atoms with Gasteiger partial charge in [-0.2, -0.15) is 4.31 Å². The van der Waals surface area contributed by atoms with E-state index in [0.717, 1.165) is 47.2 Å². The van der Waals surface area contributed by atoms with Crippen molar-refractivity contribution in [1.29, 1.82) is 0 Å². The number of benzene rings is 3. The summed E-state index contributed by atoms with van der Waals surface area (Å²) < 4.78 is 42.5. The quantitative estimate of drug-likeness (QED) is 0.542. The van der Waals surface area contributed by atoms with E-state index < -0.39 is 10.0 Å². The Hall–Kier alpha value is -2.58. The Morgan fingerprint density at radius 2 is 1.67 bits per heavy atom. The first-order valence-corrected chi connectivity index (χ1v) is 14.0. The lowest BCUT2D eigenvalue weighted by molar-refractivity contribution is -0.0553. The molecule has 0 amide bonds. The Morgan fingerprint density at radius 1 is 0.944 bits per heavy atom. The van der Waals surface area contributed by atoms with Crippen LogP contribution in [0.5, 0.6) is 0 Å². The number of aliphatic hydroxyl groups excluding tert-OH is 1. The highest BCUT2D eigenvalue weighted by Gasteiger charge is 2.50. The van der Waals surface area contributed by atoms with Crippen molar-refractivity contribution < 1.29 is 17.9 Å². The van der Waals surface area contributed by atoms with Crippen LogP contribution in [-0.2, 0) is 10.0 Å². The van der Waals surface area contributed by atoms with Crippen LogP contribution in [0.1, 0.15) is 35.4 Å². The van der Waals surface area contributed by atoms with Crippen LogP contribution < -0.4 is 0 Å². The SMILES string of the molecule is Cc1cc(F)ccc1-c1ccc(C2C3CN(S(=O)(=O)c4ccccc4C)CCCCN3[C@@H]2CO)cc1. The van der Waals surface area contributed by atoms with Gasteiger partial charge in [-0.05, 0) is 79.3 Å². The number of aliphatic hydroxyl groups is 1. The summed E-state index contributed by atoms with van der Waals surface area (Å²) in [4.78, 5) is 2.65. The number of hydrogen-bond acceptors (Lipinski definition) is 4. The molecule has 190 valence electrons. The zero-order chi connectivity index (χ0) is 25.4. The predicted molar refractivity (Wildman–Crippen MR) is 140 cm³/mol. The number of sulfonamides is 1. The number of nitrogens with zero attached hydrogens (tertiary/aromatic N) is 2. The summed E-state index contributed by atoms with van der Waals surface area (Å²) >= 11 is 0. The molecule has 5 nitrogen and oxygen atoms in total. The third-order valence-corrected chi connectivity index (χ3v) is 9.86. The first-order chi connectivity index (χ1) is 17.3. The predicted octanol–water partition coefficient (Wildman–Crippen LogP) is 4.72. The molecular formula is C29H33FN2O3S. The van der Waals surface area contributed by atoms with E-state index in [1.807, 2.05) is 38.1 Å². The third kappa shape index (κ3) is 4.50. The van der Waals surface area contributed by atoms with Gasteiger partial charge in [-0.3, -0.25) is 4.90 Å². The molecule has 3 aromatic carbocycles. The minimum Gasteiger partial charge on any atom is -0.395 e. The Kier molecular flexibility index (Phi) is 7.01. The highest BCUT2D eigenvalue weighted by molar-refractivity contribution is 7.89. The van der Waals surface area contributed by atoms with Crippen molar-refractivity contribution in [2.75, 3.05) is 26.2 Å². The van der Waals surface area contributed by atoms with E-state index in [9.17, 15) is 17.9 Å². The fourth-order valence-electron chi connectivity index (χ4n) is 5.95. The van der Waals surface area contributed by atoms with Crippen LogP contribution in [0.2, 0.25) is 0 Å². The minimum absolute atomic E-state index is 0.000323. The van der Waals surface area contributed by atoms with Crippen LogP contribution in [0, 0.1) is 19.7 Å². The first kappa shape index (κ1) is 25.1. The maximum atomic E-state index is 13.6. The van der Waals surface area contributed by atoms with Gasteiger partial charge < -0.3 is 5.11 Å². The molecule has 2 fully saturated rings. The first-order valence-electron chi connectivity index (χ1n) is 12.6. The molecule has 0 aromatic heterocycles. The molecule has 0 bridgehead atoms. The van der Waals surface area contributed by atoms with Crippen molar-refractivity contribution in [3.8, 4) is 11.1 Å². The average molecular weight is 509 g/mol. The van der Waals surface area contributed by atoms with E-state index in [4.69, 9.17) is 0 Å². The standard InChI is InChI=1S/C29H33FN2O3S/c1-20-7-3-4-8-28(20)36(34,35)31-15-5-6-16-32-26(18-31)29(27(32)19-33)23-11-9-22(10-12-23)25-14-13-24(30)17-21(25)2/h3-4,7-14,17,26-27,29,33H,5-6,15-16,18-19H2,1-2H3/t26?,27-,29?/m1/s1. The van der Waals surface area contributed by atoms with Crippen molar-refractivity contribution in [3.63, 3.8) is 0 Å². The molecule has 2 aliphatic rings. The molecule has 3 aromatic rings. The summed E-state index contributed by atoms with van der Waals surface area (Å²) in [6, 6.07) is 20.1. The largest absolute Gasteiger partial charge is 0.395 e. The third-order valence-electron chi connectivity index (χ3n) is 7.84. The molecule has 0 saturated carbocycles. The van der Waals surface area contributed by atoms with E-state index in [2.05, 4.69) is 17.0 Å². The second-order valence-electron chi connectivity index (χ2n) is 10.00. The normalized spacial score (nSPS) is 23.4. The molecule has 5 rings (SSSR count). The highest BCUT2D eigenvalue weighted by Crippen LogP contribution is 2.43. The maximum absolute atomic E-state index is 13.6. The molecule has 2 aliphatic heterocycles. The molecule has 2 saturated heterocycles. The van der Waals surface area contributed by atoms with Gasteiger partial charge in [-0.15, -0.1) is 0 Å². The van der Waals surface area contributed by atoms with Gasteiger partial charge in [-0.1, -0.05) is 48.5 Å². The Morgan fingerprint density at radius 3 is 2.36 bits per heavy atom. The lowest BCUT2D eigenvalue weighted by Gasteiger charge is -2.57. The summed E-state index contributed by atoms with van der Waals surface area (Å²) in [5, 5.41) is 10.2. The number of aryl methyl sites for hydroxylation is 2. The van der Waals surface area contributed by atoms with Gasteiger partial charge in [0.1, 0.15) is 5.82 Å². The lowest BCUT2D eigenvalue weighted by Crippen LogP contribution is -2.67. The van der Waals surface area contributed by atoms with Crippen molar-refractivity contribution in [1.82, 2.24) is 9.21 Å². The molecule has 0 radical (unpaired) electrons. The molecule has 0 aliphatic carbocycles. The molecule has 3 atom stereocenters. The van der Waals surface area contributed by atoms with Gasteiger partial charge in [0.25, 0.3) is 0 Å². The topological polar surface area (TPSA) is 60.9 Å².